The smallest absolute Gasteiger partial charge is 0.228 e. The lowest BCUT2D eigenvalue weighted by Crippen LogP contribution is -2.37. The number of hydrogen-bond acceptors (Lipinski definition) is 5. The Labute approximate surface area is 154 Å². The molecule has 0 aliphatic heterocycles. The van der Waals surface area contributed by atoms with Gasteiger partial charge in [-0.05, 0) is 46.7 Å². The van der Waals surface area contributed by atoms with Crippen molar-refractivity contribution in [1.82, 2.24) is 20.8 Å². The van der Waals surface area contributed by atoms with E-state index in [1.165, 1.54) is 5.56 Å². The Morgan fingerprint density at radius 3 is 2.80 bits per heavy atom. The molecule has 0 radical (unpaired) electrons. The van der Waals surface area contributed by atoms with Crippen LogP contribution in [-0.2, 0) is 13.0 Å². The van der Waals surface area contributed by atoms with Gasteiger partial charge in [0.1, 0.15) is 0 Å². The van der Waals surface area contributed by atoms with E-state index in [-0.39, 0.29) is 0 Å². The van der Waals surface area contributed by atoms with Gasteiger partial charge in [-0.3, -0.25) is 4.99 Å². The van der Waals surface area contributed by atoms with Crippen LogP contribution in [0.1, 0.15) is 11.5 Å². The van der Waals surface area contributed by atoms with Gasteiger partial charge in [-0.1, -0.05) is 16.8 Å². The molecule has 0 bridgehead atoms. The molecule has 0 aliphatic carbocycles. The molecule has 0 saturated carbocycles. The zero-order chi connectivity index (χ0) is 17.5. The van der Waals surface area contributed by atoms with Crippen LogP contribution in [0.3, 0.4) is 0 Å². The van der Waals surface area contributed by atoms with Gasteiger partial charge in [-0.2, -0.15) is 16.3 Å². The maximum Gasteiger partial charge on any atom is 0.228 e. The number of benzene rings is 1. The minimum Gasteiger partial charge on any atom is -0.356 e. The monoisotopic (exact) mass is 375 g/mol. The molecule has 130 valence electrons. The van der Waals surface area contributed by atoms with E-state index in [2.05, 4.69) is 42.6 Å². The molecule has 3 rings (SSSR count). The van der Waals surface area contributed by atoms with Gasteiger partial charge in [0.25, 0.3) is 0 Å². The number of thiophene rings is 1. The molecular weight excluding hydrogens is 358 g/mol. The molecule has 25 heavy (non-hydrogen) atoms. The van der Waals surface area contributed by atoms with Crippen molar-refractivity contribution in [3.05, 3.63) is 57.6 Å². The second-order valence-electron chi connectivity index (χ2n) is 5.25. The Morgan fingerprint density at radius 1 is 1.24 bits per heavy atom. The standard InChI is InChI=1S/C17H18ClN5OS/c1-19-17(21-10-12-7-9-25-11-12)20-8-6-15-22-16(23-24-15)13-2-4-14(18)5-3-13/h2-5,7,9,11H,6,8,10H2,1H3,(H2,19,20,21). The molecule has 0 atom stereocenters. The lowest BCUT2D eigenvalue weighted by atomic mass is 10.2. The van der Waals surface area contributed by atoms with Crippen LogP contribution in [0.2, 0.25) is 5.02 Å². The molecule has 0 aliphatic rings. The zero-order valence-corrected chi connectivity index (χ0v) is 15.3. The molecule has 2 aromatic heterocycles. The van der Waals surface area contributed by atoms with Crippen molar-refractivity contribution in [3.63, 3.8) is 0 Å². The van der Waals surface area contributed by atoms with Crippen LogP contribution in [0.5, 0.6) is 0 Å². The van der Waals surface area contributed by atoms with Crippen molar-refractivity contribution in [3.8, 4) is 11.4 Å². The summed E-state index contributed by atoms with van der Waals surface area (Å²) in [7, 11) is 1.74. The highest BCUT2D eigenvalue weighted by Crippen LogP contribution is 2.18. The van der Waals surface area contributed by atoms with E-state index < -0.39 is 0 Å². The Bertz CT molecular complexity index is 814. The second kappa shape index (κ2) is 8.64. The first-order valence-electron chi connectivity index (χ1n) is 7.78. The minimum absolute atomic E-state index is 0.562. The summed E-state index contributed by atoms with van der Waals surface area (Å²) in [6.07, 6.45) is 0.611. The minimum atomic E-state index is 0.562. The van der Waals surface area contributed by atoms with Crippen molar-refractivity contribution < 1.29 is 4.52 Å². The maximum absolute atomic E-state index is 5.89. The fourth-order valence-electron chi connectivity index (χ4n) is 2.16. The first kappa shape index (κ1) is 17.4. The van der Waals surface area contributed by atoms with E-state index in [4.69, 9.17) is 16.1 Å². The fourth-order valence-corrected chi connectivity index (χ4v) is 2.95. The molecule has 6 nitrogen and oxygen atoms in total. The highest BCUT2D eigenvalue weighted by atomic mass is 35.5. The average molecular weight is 376 g/mol. The highest BCUT2D eigenvalue weighted by molar-refractivity contribution is 7.07. The van der Waals surface area contributed by atoms with Gasteiger partial charge in [0.15, 0.2) is 5.96 Å². The van der Waals surface area contributed by atoms with Gasteiger partial charge in [0, 0.05) is 37.1 Å². The third-order valence-electron chi connectivity index (χ3n) is 3.47. The molecule has 0 fully saturated rings. The van der Waals surface area contributed by atoms with Crippen molar-refractivity contribution in [2.75, 3.05) is 13.6 Å². The van der Waals surface area contributed by atoms with Gasteiger partial charge in [0.05, 0.1) is 0 Å². The predicted octanol–water partition coefficient (Wildman–Crippen LogP) is 3.36. The molecule has 0 amide bonds. The zero-order valence-electron chi connectivity index (χ0n) is 13.7. The van der Waals surface area contributed by atoms with E-state index in [1.54, 1.807) is 30.5 Å². The van der Waals surface area contributed by atoms with E-state index in [0.29, 0.717) is 29.7 Å². The number of nitrogens with one attached hydrogen (secondary N) is 2. The number of hydrogen-bond donors (Lipinski definition) is 2. The van der Waals surface area contributed by atoms with Crippen LogP contribution in [0, 0.1) is 0 Å². The third kappa shape index (κ3) is 5.04. The summed E-state index contributed by atoms with van der Waals surface area (Å²) in [5.41, 5.74) is 2.11. The molecular formula is C17H18ClN5OS. The van der Waals surface area contributed by atoms with Gasteiger partial charge in [0.2, 0.25) is 11.7 Å². The van der Waals surface area contributed by atoms with Gasteiger partial charge in [-0.25, -0.2) is 0 Å². The van der Waals surface area contributed by atoms with Crippen molar-refractivity contribution in [2.24, 2.45) is 4.99 Å². The number of rotatable bonds is 6. The van der Waals surface area contributed by atoms with Crippen LogP contribution in [0.4, 0.5) is 0 Å². The molecule has 0 saturated heterocycles. The highest BCUT2D eigenvalue weighted by Gasteiger charge is 2.08. The topological polar surface area (TPSA) is 75.3 Å². The molecule has 8 heteroatoms. The summed E-state index contributed by atoms with van der Waals surface area (Å²) >= 11 is 7.57. The molecule has 0 spiro atoms. The number of halogens is 1. The van der Waals surface area contributed by atoms with Crippen LogP contribution in [-0.4, -0.2) is 29.7 Å². The Hall–Kier alpha value is -2.38. The Morgan fingerprint density at radius 2 is 2.08 bits per heavy atom. The lowest BCUT2D eigenvalue weighted by Gasteiger charge is -2.10. The number of nitrogens with zero attached hydrogens (tertiary/aromatic N) is 3. The molecule has 1 aromatic carbocycles. The number of aliphatic imine (C=N–C) groups is 1. The second-order valence-corrected chi connectivity index (χ2v) is 6.47. The summed E-state index contributed by atoms with van der Waals surface area (Å²) in [6.45, 7) is 1.38. The quantitative estimate of drug-likeness (QED) is 0.510. The summed E-state index contributed by atoms with van der Waals surface area (Å²) < 4.78 is 5.29. The largest absolute Gasteiger partial charge is 0.356 e. The summed E-state index contributed by atoms with van der Waals surface area (Å²) in [5, 5.41) is 15.3. The molecule has 2 N–H and O–H groups in total. The summed E-state index contributed by atoms with van der Waals surface area (Å²) in [4.78, 5) is 8.60. The number of aromatic nitrogens is 2. The predicted molar refractivity (Wildman–Crippen MR) is 101 cm³/mol. The van der Waals surface area contributed by atoms with Crippen LogP contribution >= 0.6 is 22.9 Å². The van der Waals surface area contributed by atoms with E-state index in [0.717, 1.165) is 18.1 Å². The first-order valence-corrected chi connectivity index (χ1v) is 9.11. The lowest BCUT2D eigenvalue weighted by molar-refractivity contribution is 0.378. The van der Waals surface area contributed by atoms with E-state index in [9.17, 15) is 0 Å². The maximum atomic E-state index is 5.89. The van der Waals surface area contributed by atoms with Gasteiger partial charge in [-0.15, -0.1) is 0 Å². The third-order valence-corrected chi connectivity index (χ3v) is 4.45. The Kier molecular flexibility index (Phi) is 6.03. The first-order chi connectivity index (χ1) is 12.2. The van der Waals surface area contributed by atoms with E-state index >= 15 is 0 Å². The summed E-state index contributed by atoms with van der Waals surface area (Å²) in [6, 6.07) is 9.42. The van der Waals surface area contributed by atoms with Gasteiger partial charge < -0.3 is 15.2 Å². The van der Waals surface area contributed by atoms with Crippen LogP contribution in [0.15, 0.2) is 50.6 Å². The molecule has 0 unspecified atom stereocenters. The SMILES string of the molecule is CN=C(NCCc1nc(-c2ccc(Cl)cc2)no1)NCc1ccsc1. The molecule has 3 aromatic rings. The van der Waals surface area contributed by atoms with E-state index in [1.807, 2.05) is 12.1 Å². The van der Waals surface area contributed by atoms with Crippen molar-refractivity contribution in [2.45, 2.75) is 13.0 Å². The number of guanidine groups is 1. The average Bonchev–Trinajstić information content (AvgIpc) is 3.30. The van der Waals surface area contributed by atoms with Gasteiger partial charge >= 0.3 is 0 Å². The van der Waals surface area contributed by atoms with Crippen LogP contribution < -0.4 is 10.6 Å². The van der Waals surface area contributed by atoms with Crippen molar-refractivity contribution >= 4 is 28.9 Å². The van der Waals surface area contributed by atoms with Crippen LogP contribution in [0.25, 0.3) is 11.4 Å². The summed E-state index contributed by atoms with van der Waals surface area (Å²) in [5.74, 6) is 1.88. The van der Waals surface area contributed by atoms with Crippen molar-refractivity contribution in [1.29, 1.82) is 0 Å². The normalized spacial score (nSPS) is 11.5. The molecule has 2 heterocycles. The fraction of sp³-hybridized carbons (Fsp3) is 0.235. The Balaban J connectivity index is 1.47.